The number of rotatable bonds is 6. The van der Waals surface area contributed by atoms with E-state index in [2.05, 4.69) is 17.9 Å². The lowest BCUT2D eigenvalue weighted by atomic mass is 10.2. The molecule has 0 spiro atoms. The smallest absolute Gasteiger partial charge is 0.372 e. The summed E-state index contributed by atoms with van der Waals surface area (Å²) in [6.45, 7) is 4.35. The van der Waals surface area contributed by atoms with Gasteiger partial charge in [-0.2, -0.15) is 0 Å². The standard InChI is InChI=1S/C13H15NO3S/c1-2-14(9-11-4-3-7-18-11)8-10-5-6-17-12(10)13(15)16/h3-7H,2,8-9H2,1H3,(H,15,16). The van der Waals surface area contributed by atoms with Crippen LogP contribution in [0, 0.1) is 0 Å². The first-order valence-corrected chi connectivity index (χ1v) is 6.63. The fraction of sp³-hybridized carbons (Fsp3) is 0.308. The van der Waals surface area contributed by atoms with E-state index in [4.69, 9.17) is 9.52 Å². The van der Waals surface area contributed by atoms with Crippen molar-refractivity contribution in [3.8, 4) is 0 Å². The molecule has 18 heavy (non-hydrogen) atoms. The number of nitrogens with zero attached hydrogens (tertiary/aromatic N) is 1. The Balaban J connectivity index is 2.06. The molecule has 0 saturated heterocycles. The zero-order chi connectivity index (χ0) is 13.0. The minimum absolute atomic E-state index is 0.0413. The first-order chi connectivity index (χ1) is 8.70. The van der Waals surface area contributed by atoms with Crippen molar-refractivity contribution in [3.63, 3.8) is 0 Å². The highest BCUT2D eigenvalue weighted by Gasteiger charge is 2.16. The van der Waals surface area contributed by atoms with E-state index in [1.807, 2.05) is 11.4 Å². The number of carboxylic acids is 1. The SMILES string of the molecule is CCN(Cc1cccs1)Cc1ccoc1C(=O)O. The fourth-order valence-corrected chi connectivity index (χ4v) is 2.54. The minimum atomic E-state index is -1.01. The van der Waals surface area contributed by atoms with Gasteiger partial charge < -0.3 is 9.52 Å². The average molecular weight is 265 g/mol. The molecule has 1 N–H and O–H groups in total. The van der Waals surface area contributed by atoms with Gasteiger partial charge in [0.05, 0.1) is 6.26 Å². The van der Waals surface area contributed by atoms with Gasteiger partial charge in [-0.25, -0.2) is 4.79 Å². The minimum Gasteiger partial charge on any atom is -0.475 e. The molecular weight excluding hydrogens is 250 g/mol. The van der Waals surface area contributed by atoms with Gasteiger partial charge in [-0.15, -0.1) is 11.3 Å². The Kier molecular flexibility index (Phi) is 4.17. The van der Waals surface area contributed by atoms with Crippen molar-refractivity contribution < 1.29 is 14.3 Å². The molecule has 96 valence electrons. The van der Waals surface area contributed by atoms with Crippen LogP contribution in [0.3, 0.4) is 0 Å². The quantitative estimate of drug-likeness (QED) is 0.872. The van der Waals surface area contributed by atoms with Gasteiger partial charge in [0.1, 0.15) is 0 Å². The molecule has 0 aliphatic carbocycles. The molecule has 0 unspecified atom stereocenters. The summed E-state index contributed by atoms with van der Waals surface area (Å²) < 4.78 is 4.98. The molecule has 0 aromatic carbocycles. The number of hydrogen-bond acceptors (Lipinski definition) is 4. The molecule has 2 aromatic heterocycles. The molecule has 0 atom stereocenters. The summed E-state index contributed by atoms with van der Waals surface area (Å²) in [6, 6.07) is 5.83. The van der Waals surface area contributed by atoms with E-state index in [-0.39, 0.29) is 5.76 Å². The molecule has 0 fully saturated rings. The van der Waals surface area contributed by atoms with Crippen LogP contribution < -0.4 is 0 Å². The van der Waals surface area contributed by atoms with Crippen LogP contribution in [0.25, 0.3) is 0 Å². The highest BCUT2D eigenvalue weighted by molar-refractivity contribution is 7.09. The molecule has 0 saturated carbocycles. The number of aromatic carboxylic acids is 1. The molecule has 0 bridgehead atoms. The maximum absolute atomic E-state index is 11.0. The number of hydrogen-bond donors (Lipinski definition) is 1. The maximum atomic E-state index is 11.0. The highest BCUT2D eigenvalue weighted by Crippen LogP contribution is 2.17. The first kappa shape index (κ1) is 12.9. The second-order valence-electron chi connectivity index (χ2n) is 3.96. The predicted octanol–water partition coefficient (Wildman–Crippen LogP) is 3.06. The monoisotopic (exact) mass is 265 g/mol. The molecular formula is C13H15NO3S. The normalized spacial score (nSPS) is 11.0. The van der Waals surface area contributed by atoms with E-state index in [9.17, 15) is 4.79 Å². The number of carboxylic acid groups (broad SMARTS) is 1. The number of carbonyl (C=O) groups is 1. The van der Waals surface area contributed by atoms with Crippen molar-refractivity contribution in [1.82, 2.24) is 4.90 Å². The van der Waals surface area contributed by atoms with E-state index < -0.39 is 5.97 Å². The molecule has 5 heteroatoms. The lowest BCUT2D eigenvalue weighted by Gasteiger charge is -2.18. The third-order valence-electron chi connectivity index (χ3n) is 2.74. The Morgan fingerprint density at radius 3 is 2.89 bits per heavy atom. The summed E-state index contributed by atoms with van der Waals surface area (Å²) >= 11 is 1.71. The first-order valence-electron chi connectivity index (χ1n) is 5.75. The van der Waals surface area contributed by atoms with Gasteiger partial charge in [0, 0.05) is 23.5 Å². The van der Waals surface area contributed by atoms with Crippen molar-refractivity contribution >= 4 is 17.3 Å². The van der Waals surface area contributed by atoms with E-state index in [0.717, 1.165) is 18.7 Å². The lowest BCUT2D eigenvalue weighted by Crippen LogP contribution is -2.22. The Labute approximate surface area is 109 Å². The Morgan fingerprint density at radius 2 is 2.28 bits per heavy atom. The average Bonchev–Trinajstić information content (AvgIpc) is 2.98. The van der Waals surface area contributed by atoms with Gasteiger partial charge in [0.2, 0.25) is 5.76 Å². The van der Waals surface area contributed by atoms with Crippen molar-refractivity contribution in [1.29, 1.82) is 0 Å². The largest absolute Gasteiger partial charge is 0.475 e. The maximum Gasteiger partial charge on any atom is 0.372 e. The second kappa shape index (κ2) is 5.84. The zero-order valence-electron chi connectivity index (χ0n) is 10.1. The molecule has 4 nitrogen and oxygen atoms in total. The van der Waals surface area contributed by atoms with Gasteiger partial charge >= 0.3 is 5.97 Å². The molecule has 2 rings (SSSR count). The summed E-state index contributed by atoms with van der Waals surface area (Å²) in [4.78, 5) is 14.4. The van der Waals surface area contributed by atoms with Gasteiger partial charge in [0.15, 0.2) is 0 Å². The topological polar surface area (TPSA) is 53.7 Å². The summed E-state index contributed by atoms with van der Waals surface area (Å²) in [6.07, 6.45) is 1.43. The third kappa shape index (κ3) is 3.00. The number of furan rings is 1. The van der Waals surface area contributed by atoms with Crippen LogP contribution >= 0.6 is 11.3 Å². The summed E-state index contributed by atoms with van der Waals surface area (Å²) in [5.74, 6) is -0.971. The summed E-state index contributed by atoms with van der Waals surface area (Å²) in [5, 5.41) is 11.0. The van der Waals surface area contributed by atoms with Gasteiger partial charge in [0.25, 0.3) is 0 Å². The van der Waals surface area contributed by atoms with Crippen LogP contribution in [0.2, 0.25) is 0 Å². The summed E-state index contributed by atoms with van der Waals surface area (Å²) in [5.41, 5.74) is 0.723. The van der Waals surface area contributed by atoms with E-state index in [1.165, 1.54) is 11.1 Å². The fourth-order valence-electron chi connectivity index (χ4n) is 1.79. The van der Waals surface area contributed by atoms with Crippen LogP contribution in [-0.4, -0.2) is 22.5 Å². The molecule has 0 aliphatic rings. The molecule has 2 aromatic rings. The third-order valence-corrected chi connectivity index (χ3v) is 3.60. The van der Waals surface area contributed by atoms with Gasteiger partial charge in [-0.05, 0) is 24.1 Å². The lowest BCUT2D eigenvalue weighted by molar-refractivity contribution is 0.0659. The van der Waals surface area contributed by atoms with Gasteiger partial charge in [-0.3, -0.25) is 4.90 Å². The van der Waals surface area contributed by atoms with Crippen LogP contribution in [0.5, 0.6) is 0 Å². The van der Waals surface area contributed by atoms with E-state index in [1.54, 1.807) is 17.4 Å². The van der Waals surface area contributed by atoms with Crippen LogP contribution in [0.4, 0.5) is 0 Å². The molecule has 0 radical (unpaired) electrons. The van der Waals surface area contributed by atoms with Crippen LogP contribution in [0.1, 0.15) is 27.9 Å². The zero-order valence-corrected chi connectivity index (χ0v) is 10.9. The predicted molar refractivity (Wildman–Crippen MR) is 69.8 cm³/mol. The number of thiophene rings is 1. The Morgan fingerprint density at radius 1 is 1.44 bits per heavy atom. The Hall–Kier alpha value is -1.59. The van der Waals surface area contributed by atoms with E-state index >= 15 is 0 Å². The molecule has 0 amide bonds. The van der Waals surface area contributed by atoms with Crippen LogP contribution in [0.15, 0.2) is 34.3 Å². The van der Waals surface area contributed by atoms with Crippen molar-refractivity contribution in [3.05, 3.63) is 46.0 Å². The summed E-state index contributed by atoms with van der Waals surface area (Å²) in [7, 11) is 0. The molecule has 0 aliphatic heterocycles. The van der Waals surface area contributed by atoms with Crippen LogP contribution in [-0.2, 0) is 13.1 Å². The Bertz CT molecular complexity index is 504. The van der Waals surface area contributed by atoms with Gasteiger partial charge in [-0.1, -0.05) is 13.0 Å². The second-order valence-corrected chi connectivity index (χ2v) is 5.00. The molecule has 2 heterocycles. The highest BCUT2D eigenvalue weighted by atomic mass is 32.1. The van der Waals surface area contributed by atoms with Crippen molar-refractivity contribution in [2.24, 2.45) is 0 Å². The van der Waals surface area contributed by atoms with Crippen molar-refractivity contribution in [2.75, 3.05) is 6.54 Å². The van der Waals surface area contributed by atoms with Crippen molar-refractivity contribution in [2.45, 2.75) is 20.0 Å². The van der Waals surface area contributed by atoms with E-state index in [0.29, 0.717) is 6.54 Å².